The standard InChI is InChI=1S/C14H14N2O5/c1-6-7(4-5-20-6)12(17)15-16-13(18)10-8-2-3-9(21-8)11(10)14(16)19/h4-5,8-11H,2-3H2,1H3,(H,15,17)/t8-,9+,10-,11-/m0/s1. The van der Waals surface area contributed by atoms with Gasteiger partial charge in [-0.3, -0.25) is 19.8 Å². The highest BCUT2D eigenvalue weighted by molar-refractivity contribution is 6.08. The van der Waals surface area contributed by atoms with E-state index < -0.39 is 17.7 Å². The van der Waals surface area contributed by atoms with E-state index in [1.165, 1.54) is 12.3 Å². The molecule has 0 aliphatic carbocycles. The van der Waals surface area contributed by atoms with Crippen LogP contribution in [0.15, 0.2) is 16.7 Å². The van der Waals surface area contributed by atoms with Crippen LogP contribution < -0.4 is 5.43 Å². The maximum absolute atomic E-state index is 12.4. The first-order chi connectivity index (χ1) is 10.1. The van der Waals surface area contributed by atoms with Crippen molar-refractivity contribution in [2.45, 2.75) is 32.0 Å². The van der Waals surface area contributed by atoms with Crippen molar-refractivity contribution in [2.24, 2.45) is 11.8 Å². The molecule has 7 nitrogen and oxygen atoms in total. The molecule has 4 atom stereocenters. The minimum absolute atomic E-state index is 0.186. The molecule has 3 aliphatic rings. The van der Waals surface area contributed by atoms with E-state index in [0.717, 1.165) is 17.9 Å². The minimum Gasteiger partial charge on any atom is -0.469 e. The number of amides is 3. The quantitative estimate of drug-likeness (QED) is 0.796. The number of fused-ring (bicyclic) bond motifs is 5. The monoisotopic (exact) mass is 290 g/mol. The first-order valence-corrected chi connectivity index (χ1v) is 6.96. The van der Waals surface area contributed by atoms with Crippen LogP contribution in [0.2, 0.25) is 0 Å². The zero-order valence-corrected chi connectivity index (χ0v) is 11.4. The Bertz CT molecular complexity index is 624. The number of rotatable bonds is 2. The van der Waals surface area contributed by atoms with Crippen LogP contribution in [0, 0.1) is 18.8 Å². The summed E-state index contributed by atoms with van der Waals surface area (Å²) in [5, 5.41) is 0.859. The normalized spacial score (nSPS) is 33.7. The largest absolute Gasteiger partial charge is 0.469 e. The van der Waals surface area contributed by atoms with Gasteiger partial charge in [-0.2, -0.15) is 5.01 Å². The topological polar surface area (TPSA) is 88.9 Å². The van der Waals surface area contributed by atoms with Crippen LogP contribution in [0.4, 0.5) is 0 Å². The van der Waals surface area contributed by atoms with Gasteiger partial charge in [0.05, 0.1) is 35.9 Å². The van der Waals surface area contributed by atoms with E-state index >= 15 is 0 Å². The third kappa shape index (κ3) is 1.61. The smallest absolute Gasteiger partial charge is 0.273 e. The molecule has 21 heavy (non-hydrogen) atoms. The number of hydrogen-bond acceptors (Lipinski definition) is 5. The van der Waals surface area contributed by atoms with Crippen LogP contribution >= 0.6 is 0 Å². The number of nitrogens with one attached hydrogen (secondary N) is 1. The molecule has 0 radical (unpaired) electrons. The Labute approximate surface area is 120 Å². The molecule has 0 aromatic carbocycles. The molecule has 3 aliphatic heterocycles. The minimum atomic E-state index is -0.517. The number of nitrogens with zero attached hydrogens (tertiary/aromatic N) is 1. The highest BCUT2D eigenvalue weighted by Crippen LogP contribution is 2.48. The van der Waals surface area contributed by atoms with Crippen LogP contribution in [-0.2, 0) is 14.3 Å². The Morgan fingerprint density at radius 3 is 2.38 bits per heavy atom. The van der Waals surface area contributed by atoms with Crippen molar-refractivity contribution < 1.29 is 23.5 Å². The second-order valence-electron chi connectivity index (χ2n) is 5.69. The maximum Gasteiger partial charge on any atom is 0.273 e. The van der Waals surface area contributed by atoms with Gasteiger partial charge in [0.25, 0.3) is 17.7 Å². The Kier molecular flexibility index (Phi) is 2.50. The molecule has 1 aromatic heterocycles. The summed E-state index contributed by atoms with van der Waals surface area (Å²) >= 11 is 0. The number of carbonyl (C=O) groups is 3. The van der Waals surface area contributed by atoms with Gasteiger partial charge in [0, 0.05) is 0 Å². The molecule has 1 N–H and O–H groups in total. The van der Waals surface area contributed by atoms with Crippen molar-refractivity contribution in [3.63, 3.8) is 0 Å². The summed E-state index contributed by atoms with van der Waals surface area (Å²) in [4.78, 5) is 36.9. The Hall–Kier alpha value is -2.15. The summed E-state index contributed by atoms with van der Waals surface area (Å²) in [5.41, 5.74) is 2.71. The molecule has 1 aromatic rings. The van der Waals surface area contributed by atoms with Crippen molar-refractivity contribution in [1.29, 1.82) is 0 Å². The van der Waals surface area contributed by atoms with E-state index in [9.17, 15) is 14.4 Å². The van der Waals surface area contributed by atoms with Gasteiger partial charge in [-0.05, 0) is 25.8 Å². The zero-order chi connectivity index (χ0) is 14.7. The third-order valence-corrected chi connectivity index (χ3v) is 4.60. The third-order valence-electron chi connectivity index (χ3n) is 4.60. The molecule has 7 heteroatoms. The molecule has 3 saturated heterocycles. The summed E-state index contributed by atoms with van der Waals surface area (Å²) in [6, 6.07) is 1.50. The van der Waals surface area contributed by atoms with Gasteiger partial charge in [-0.25, -0.2) is 0 Å². The van der Waals surface area contributed by atoms with Crippen LogP contribution in [0.5, 0.6) is 0 Å². The summed E-state index contributed by atoms with van der Waals surface area (Å²) in [5.74, 6) is -1.70. The van der Waals surface area contributed by atoms with Crippen LogP contribution in [0.25, 0.3) is 0 Å². The molecule has 0 spiro atoms. The first kappa shape index (κ1) is 12.6. The highest BCUT2D eigenvalue weighted by atomic mass is 16.5. The molecule has 2 bridgehead atoms. The van der Waals surface area contributed by atoms with Gasteiger partial charge in [-0.1, -0.05) is 0 Å². The molecule has 110 valence electrons. The van der Waals surface area contributed by atoms with Crippen molar-refractivity contribution in [2.75, 3.05) is 0 Å². The van der Waals surface area contributed by atoms with Gasteiger partial charge >= 0.3 is 0 Å². The van der Waals surface area contributed by atoms with E-state index in [4.69, 9.17) is 9.15 Å². The van der Waals surface area contributed by atoms with Crippen LogP contribution in [0.1, 0.15) is 29.0 Å². The lowest BCUT2D eigenvalue weighted by atomic mass is 9.81. The van der Waals surface area contributed by atoms with E-state index in [1.54, 1.807) is 6.92 Å². The summed E-state index contributed by atoms with van der Waals surface area (Å²) in [6.45, 7) is 1.64. The fourth-order valence-electron chi connectivity index (χ4n) is 3.60. The van der Waals surface area contributed by atoms with E-state index in [-0.39, 0.29) is 24.0 Å². The second-order valence-corrected chi connectivity index (χ2v) is 5.69. The van der Waals surface area contributed by atoms with Gasteiger partial charge in [0.2, 0.25) is 0 Å². The Morgan fingerprint density at radius 2 is 1.86 bits per heavy atom. The van der Waals surface area contributed by atoms with Crippen LogP contribution in [-0.4, -0.2) is 34.9 Å². The predicted octanol–water partition coefficient (Wildman–Crippen LogP) is 0.395. The van der Waals surface area contributed by atoms with Crippen molar-refractivity contribution in [1.82, 2.24) is 10.4 Å². The van der Waals surface area contributed by atoms with Gasteiger partial charge in [0.15, 0.2) is 0 Å². The lowest BCUT2D eigenvalue weighted by Gasteiger charge is -2.17. The molecule has 4 heterocycles. The SMILES string of the molecule is Cc1occc1C(=O)NN1C(=O)[C@@H]2[C@@H](C1=O)[C@H]1CC[C@@H]2O1. The fourth-order valence-corrected chi connectivity index (χ4v) is 3.60. The zero-order valence-electron chi connectivity index (χ0n) is 11.4. The summed E-state index contributed by atoms with van der Waals surface area (Å²) in [6.07, 6.45) is 2.62. The Balaban J connectivity index is 1.57. The first-order valence-electron chi connectivity index (χ1n) is 6.96. The molecule has 0 saturated carbocycles. The summed E-state index contributed by atoms with van der Waals surface area (Å²) in [7, 11) is 0. The molecule has 4 rings (SSSR count). The number of ether oxygens (including phenoxy) is 1. The number of hydrazine groups is 1. The Morgan fingerprint density at radius 1 is 1.24 bits per heavy atom. The summed E-state index contributed by atoms with van der Waals surface area (Å²) < 4.78 is 10.7. The number of carbonyl (C=O) groups excluding carboxylic acids is 3. The highest BCUT2D eigenvalue weighted by Gasteiger charge is 2.62. The molecule has 0 unspecified atom stereocenters. The molecule has 3 amide bonds. The molecule has 3 fully saturated rings. The van der Waals surface area contributed by atoms with E-state index in [0.29, 0.717) is 11.3 Å². The fraction of sp³-hybridized carbons (Fsp3) is 0.500. The van der Waals surface area contributed by atoms with Crippen molar-refractivity contribution >= 4 is 17.7 Å². The van der Waals surface area contributed by atoms with Gasteiger partial charge in [0.1, 0.15) is 5.76 Å². The van der Waals surface area contributed by atoms with Crippen LogP contribution in [0.3, 0.4) is 0 Å². The van der Waals surface area contributed by atoms with Crippen molar-refractivity contribution in [3.8, 4) is 0 Å². The lowest BCUT2D eigenvalue weighted by Crippen LogP contribution is -2.47. The number of furan rings is 1. The molecular weight excluding hydrogens is 276 g/mol. The van der Waals surface area contributed by atoms with E-state index in [2.05, 4.69) is 5.43 Å². The molecular formula is C14H14N2O5. The van der Waals surface area contributed by atoms with Gasteiger partial charge in [-0.15, -0.1) is 0 Å². The van der Waals surface area contributed by atoms with Crippen molar-refractivity contribution in [3.05, 3.63) is 23.7 Å². The number of hydrogen-bond donors (Lipinski definition) is 1. The average Bonchev–Trinajstić information content (AvgIpc) is 3.19. The predicted molar refractivity (Wildman–Crippen MR) is 67.6 cm³/mol. The van der Waals surface area contributed by atoms with E-state index in [1.807, 2.05) is 0 Å². The lowest BCUT2D eigenvalue weighted by molar-refractivity contribution is -0.145. The number of aryl methyl sites for hydroxylation is 1. The number of imide groups is 1. The average molecular weight is 290 g/mol. The van der Waals surface area contributed by atoms with Gasteiger partial charge < -0.3 is 9.15 Å². The second kappa shape index (κ2) is 4.17. The maximum atomic E-state index is 12.4.